The average molecular weight is 1130 g/mol. The van der Waals surface area contributed by atoms with Crippen LogP contribution in [-0.4, -0.2) is 57.2 Å². The number of rotatable bonds is 16. The minimum absolute atomic E-state index is 0. The molecule has 0 atom stereocenters. The Balaban J connectivity index is 0.000000189. The second-order valence-electron chi connectivity index (χ2n) is 17.1. The normalized spacial score (nSPS) is 10.5. The molecule has 4 heterocycles. The first kappa shape index (κ1) is 55.2. The van der Waals surface area contributed by atoms with Crippen LogP contribution in [0.1, 0.15) is 43.5 Å². The number of nitrogens with one attached hydrogen (secondary N) is 3. The molecule has 0 unspecified atom stereocenters. The molecule has 0 saturated heterocycles. The third kappa shape index (κ3) is 14.8. The lowest BCUT2D eigenvalue weighted by Gasteiger charge is -2.14. The van der Waals surface area contributed by atoms with Crippen LogP contribution in [0, 0.1) is 17.4 Å². The number of halogens is 1. The molecule has 0 amide bonds. The molecule has 14 nitrogen and oxygen atoms in total. The van der Waals surface area contributed by atoms with Crippen molar-refractivity contribution in [3.8, 4) is 45.5 Å². The van der Waals surface area contributed by atoms with Crippen LogP contribution in [-0.2, 0) is 13.2 Å². The van der Waals surface area contributed by atoms with Gasteiger partial charge in [-0.05, 0) is 181 Å². The summed E-state index contributed by atoms with van der Waals surface area (Å²) in [7, 11) is 3.31. The molecule has 5 N–H and O–H groups in total. The molecular weight excluding hydrogens is 1060 g/mol. The Hall–Kier alpha value is -8.57. The number of ether oxygens (including phenoxy) is 4. The molecule has 10 aromatic rings. The smallest absolute Gasteiger partial charge is 0.227 e. The fourth-order valence-corrected chi connectivity index (χ4v) is 8.57. The first-order chi connectivity index (χ1) is 36.6. The molecule has 0 aliphatic rings. The third-order valence-corrected chi connectivity index (χ3v) is 12.4. The van der Waals surface area contributed by atoms with E-state index in [1.54, 1.807) is 32.8 Å². The Bertz CT molecular complexity index is 3490. The van der Waals surface area contributed by atoms with Crippen molar-refractivity contribution in [3.63, 3.8) is 0 Å². The summed E-state index contributed by atoms with van der Waals surface area (Å²) in [5.41, 5.74) is 18.7. The molecule has 388 valence electrons. The van der Waals surface area contributed by atoms with Crippen molar-refractivity contribution in [2.75, 3.05) is 49.0 Å². The van der Waals surface area contributed by atoms with Gasteiger partial charge in [-0.1, -0.05) is 56.0 Å². The second kappa shape index (κ2) is 27.1. The van der Waals surface area contributed by atoms with Crippen LogP contribution < -0.4 is 40.6 Å². The van der Waals surface area contributed by atoms with Crippen molar-refractivity contribution in [3.05, 3.63) is 196 Å². The van der Waals surface area contributed by atoms with Crippen LogP contribution >= 0.6 is 22.6 Å². The van der Waals surface area contributed by atoms with Crippen LogP contribution in [0.4, 0.5) is 29.0 Å². The molecular formula is C61H63IN10O4. The highest BCUT2D eigenvalue weighted by Gasteiger charge is 2.15. The molecule has 0 saturated carbocycles. The summed E-state index contributed by atoms with van der Waals surface area (Å²) in [5.74, 6) is 3.63. The van der Waals surface area contributed by atoms with E-state index >= 15 is 0 Å². The molecule has 0 fully saturated rings. The largest absolute Gasteiger partial charge is 0.497 e. The molecule has 0 spiro atoms. The summed E-state index contributed by atoms with van der Waals surface area (Å²) < 4.78 is 23.9. The van der Waals surface area contributed by atoms with E-state index < -0.39 is 0 Å². The van der Waals surface area contributed by atoms with Gasteiger partial charge in [0.15, 0.2) is 0 Å². The number of nitrogens with zero attached hydrogens (tertiary/aromatic N) is 6. The Morgan fingerprint density at radius 3 is 1.53 bits per heavy atom. The van der Waals surface area contributed by atoms with Crippen molar-refractivity contribution in [2.24, 2.45) is 0 Å². The van der Waals surface area contributed by atoms with Gasteiger partial charge in [0.2, 0.25) is 23.7 Å². The first-order valence-corrected chi connectivity index (χ1v) is 25.5. The quantitative estimate of drug-likeness (QED) is 0.0672. The second-order valence-corrected chi connectivity index (χ2v) is 18.4. The lowest BCUT2D eigenvalue weighted by molar-refractivity contribution is 0.295. The number of hydrogen-bond donors (Lipinski definition) is 4. The van der Waals surface area contributed by atoms with Gasteiger partial charge in [-0.25, -0.2) is 29.9 Å². The lowest BCUT2D eigenvalue weighted by atomic mass is 10.0. The maximum absolute atomic E-state index is 6.16. The molecule has 76 heavy (non-hydrogen) atoms. The number of nitrogens with two attached hydrogens (primary N) is 1. The predicted octanol–water partition coefficient (Wildman–Crippen LogP) is 14.3. The number of methoxy groups -OCH3 is 2. The van der Waals surface area contributed by atoms with Gasteiger partial charge >= 0.3 is 0 Å². The summed E-state index contributed by atoms with van der Waals surface area (Å²) in [5, 5.41) is 11.7. The minimum atomic E-state index is 0. The predicted molar refractivity (Wildman–Crippen MR) is 318 cm³/mol. The Morgan fingerprint density at radius 1 is 0.526 bits per heavy atom. The van der Waals surface area contributed by atoms with Crippen molar-refractivity contribution < 1.29 is 18.9 Å². The van der Waals surface area contributed by atoms with Crippen molar-refractivity contribution in [2.45, 2.75) is 48.3 Å². The van der Waals surface area contributed by atoms with E-state index in [1.807, 2.05) is 122 Å². The highest BCUT2D eigenvalue weighted by molar-refractivity contribution is 14.1. The van der Waals surface area contributed by atoms with Crippen molar-refractivity contribution >= 4 is 73.4 Å². The number of anilines is 5. The van der Waals surface area contributed by atoms with Gasteiger partial charge in [-0.2, -0.15) is 0 Å². The van der Waals surface area contributed by atoms with Gasteiger partial charge in [0.05, 0.1) is 25.3 Å². The molecule has 0 aliphatic heterocycles. The SMILES string of the molecule is C.CCNc1cccc(I)c1.CCNc1cccc(Nc2ncc3cc(-c4c(C)ccnc4OCc4ccc(OC)cc4)ccc3n2)c1.COc1ccc(COc2nccc(C)c2-c2ccc3nc(N)ncc3c2)cc1. The van der Waals surface area contributed by atoms with Crippen LogP contribution in [0.2, 0.25) is 0 Å². The minimum Gasteiger partial charge on any atom is -0.497 e. The van der Waals surface area contributed by atoms with Gasteiger partial charge in [0.1, 0.15) is 24.7 Å². The van der Waals surface area contributed by atoms with Crippen LogP contribution in [0.3, 0.4) is 0 Å². The number of pyridine rings is 2. The summed E-state index contributed by atoms with van der Waals surface area (Å²) >= 11 is 2.31. The third-order valence-electron chi connectivity index (χ3n) is 11.8. The van der Waals surface area contributed by atoms with Gasteiger partial charge in [-0.15, -0.1) is 0 Å². The fraction of sp³-hybridized carbons (Fsp3) is 0.180. The molecule has 6 aromatic carbocycles. The average Bonchev–Trinajstić information content (AvgIpc) is 3.44. The number of aromatic nitrogens is 6. The summed E-state index contributed by atoms with van der Waals surface area (Å²) in [6, 6.07) is 48.1. The van der Waals surface area contributed by atoms with Crippen molar-refractivity contribution in [1.29, 1.82) is 0 Å². The number of hydrogen-bond acceptors (Lipinski definition) is 14. The molecule has 0 radical (unpaired) electrons. The highest BCUT2D eigenvalue weighted by atomic mass is 127. The summed E-state index contributed by atoms with van der Waals surface area (Å²) in [6.07, 6.45) is 7.10. The molecule has 0 bridgehead atoms. The number of nitrogen functional groups attached to an aromatic ring is 1. The van der Waals surface area contributed by atoms with Crippen molar-refractivity contribution in [1.82, 2.24) is 29.9 Å². The Kier molecular flexibility index (Phi) is 19.7. The standard InChI is InChI=1S/C30H29N5O2.C22H20N4O2.C8H10IN.CH4/c1-4-31-24-6-5-7-25(17-24)34-30-33-18-23-16-22(10-13-27(23)35-30)28-20(2)14-15-32-29(28)37-19-21-8-11-26(36-3)12-9-21;1-14-9-10-24-21(28-13-15-3-6-18(27-2)7-4-15)20(14)16-5-8-19-17(11-16)12-25-22(23)26-19;1-2-10-8-5-3-4-7(9)6-8;/h5-18,31H,4,19H2,1-3H3,(H,33,34,35);3-12H,13H2,1-2H3,(H2,23,25,26);3-6,10H,2H2,1H3;1H4. The zero-order valence-corrected chi connectivity index (χ0v) is 44.9. The molecule has 4 aromatic heterocycles. The number of aryl methyl sites for hydroxylation is 2. The van der Waals surface area contributed by atoms with Crippen LogP contribution in [0.5, 0.6) is 23.3 Å². The van der Waals surface area contributed by atoms with E-state index in [-0.39, 0.29) is 13.4 Å². The number of fused-ring (bicyclic) bond motifs is 2. The Morgan fingerprint density at radius 2 is 1.01 bits per heavy atom. The molecule has 10 rings (SSSR count). The van der Waals surface area contributed by atoms with E-state index in [0.29, 0.717) is 30.9 Å². The topological polar surface area (TPSA) is 176 Å². The van der Waals surface area contributed by atoms with E-state index in [2.05, 4.69) is 121 Å². The zero-order chi connectivity index (χ0) is 52.5. The van der Waals surface area contributed by atoms with Gasteiger partial charge in [0, 0.05) is 80.4 Å². The highest BCUT2D eigenvalue weighted by Crippen LogP contribution is 2.35. The fourth-order valence-electron chi connectivity index (χ4n) is 8.03. The maximum atomic E-state index is 6.16. The van der Waals surface area contributed by atoms with Crippen LogP contribution in [0.25, 0.3) is 44.1 Å². The number of benzene rings is 6. The van der Waals surface area contributed by atoms with Gasteiger partial charge in [-0.3, -0.25) is 0 Å². The van der Waals surface area contributed by atoms with Crippen LogP contribution in [0.15, 0.2) is 170 Å². The van der Waals surface area contributed by atoms with E-state index in [0.717, 1.165) is 102 Å². The van der Waals surface area contributed by atoms with E-state index in [9.17, 15) is 0 Å². The van der Waals surface area contributed by atoms with Gasteiger partial charge in [0.25, 0.3) is 0 Å². The first-order valence-electron chi connectivity index (χ1n) is 24.4. The Labute approximate surface area is 458 Å². The van der Waals surface area contributed by atoms with Gasteiger partial charge < -0.3 is 40.6 Å². The lowest BCUT2D eigenvalue weighted by Crippen LogP contribution is -2.01. The van der Waals surface area contributed by atoms with E-state index in [4.69, 9.17) is 29.7 Å². The summed E-state index contributed by atoms with van der Waals surface area (Å²) in [6.45, 7) is 11.0. The summed E-state index contributed by atoms with van der Waals surface area (Å²) in [4.78, 5) is 26.6. The molecule has 0 aliphatic carbocycles. The monoisotopic (exact) mass is 1130 g/mol. The molecule has 15 heteroatoms. The van der Waals surface area contributed by atoms with E-state index in [1.165, 1.54) is 9.26 Å². The maximum Gasteiger partial charge on any atom is 0.227 e. The zero-order valence-electron chi connectivity index (χ0n) is 42.8.